The van der Waals surface area contributed by atoms with E-state index in [4.69, 9.17) is 9.26 Å². The third-order valence-corrected chi connectivity index (χ3v) is 7.96. The van der Waals surface area contributed by atoms with Crippen molar-refractivity contribution >= 4 is 10.0 Å². The van der Waals surface area contributed by atoms with Crippen molar-refractivity contribution in [2.24, 2.45) is 5.92 Å². The second kappa shape index (κ2) is 8.09. The van der Waals surface area contributed by atoms with E-state index in [1.807, 2.05) is 31.2 Å². The molecule has 2 aromatic carbocycles. The number of fused-ring (bicyclic) bond motifs is 1. The molecule has 0 radical (unpaired) electrons. The van der Waals surface area contributed by atoms with Gasteiger partial charge in [-0.15, -0.1) is 0 Å². The Kier molecular flexibility index (Phi) is 5.27. The van der Waals surface area contributed by atoms with Gasteiger partial charge in [-0.05, 0) is 55.0 Å². The maximum absolute atomic E-state index is 13.2. The minimum absolute atomic E-state index is 0.145. The van der Waals surface area contributed by atoms with E-state index in [1.165, 1.54) is 0 Å². The van der Waals surface area contributed by atoms with Crippen molar-refractivity contribution in [2.45, 2.75) is 37.5 Å². The maximum Gasteiger partial charge on any atom is 0.243 e. The predicted octanol–water partition coefficient (Wildman–Crippen LogP) is 3.62. The van der Waals surface area contributed by atoms with Crippen LogP contribution in [0.2, 0.25) is 0 Å². The summed E-state index contributed by atoms with van der Waals surface area (Å²) in [5.74, 6) is 2.06. The van der Waals surface area contributed by atoms with Crippen molar-refractivity contribution in [2.75, 3.05) is 19.7 Å². The Morgan fingerprint density at radius 2 is 2.06 bits per heavy atom. The van der Waals surface area contributed by atoms with E-state index in [1.54, 1.807) is 22.5 Å². The molecule has 1 aromatic heterocycles. The molecule has 0 N–H and O–H groups in total. The molecule has 3 aromatic rings. The Morgan fingerprint density at radius 3 is 2.94 bits per heavy atom. The Balaban J connectivity index is 1.30. The Morgan fingerprint density at radius 1 is 1.19 bits per heavy atom. The number of aromatic nitrogens is 2. The molecular weight excluding hydrogens is 414 g/mol. The SMILES string of the molecule is Cc1ccccc1-c1noc(CC2CCCN(S(=O)(=O)c3ccc4c(c3)CCO4)C2)n1. The number of sulfonamides is 1. The molecule has 31 heavy (non-hydrogen) atoms. The van der Waals surface area contributed by atoms with Crippen molar-refractivity contribution < 1.29 is 17.7 Å². The van der Waals surface area contributed by atoms with Crippen LogP contribution in [-0.2, 0) is 22.9 Å². The topological polar surface area (TPSA) is 85.5 Å². The first-order valence-electron chi connectivity index (χ1n) is 10.7. The second-order valence-corrected chi connectivity index (χ2v) is 10.2. The Labute approximate surface area is 182 Å². The molecule has 162 valence electrons. The molecule has 0 saturated carbocycles. The molecule has 1 saturated heterocycles. The molecule has 0 spiro atoms. The van der Waals surface area contributed by atoms with E-state index in [0.29, 0.717) is 42.7 Å². The molecule has 5 rings (SSSR count). The van der Waals surface area contributed by atoms with Gasteiger partial charge < -0.3 is 9.26 Å². The van der Waals surface area contributed by atoms with Crippen LogP contribution in [0.4, 0.5) is 0 Å². The van der Waals surface area contributed by atoms with Gasteiger partial charge in [-0.1, -0.05) is 29.4 Å². The summed E-state index contributed by atoms with van der Waals surface area (Å²) in [6.07, 6.45) is 3.08. The van der Waals surface area contributed by atoms with Crippen LogP contribution >= 0.6 is 0 Å². The fraction of sp³-hybridized carbons (Fsp3) is 0.391. The van der Waals surface area contributed by atoms with E-state index < -0.39 is 10.0 Å². The summed E-state index contributed by atoms with van der Waals surface area (Å²) >= 11 is 0. The lowest BCUT2D eigenvalue weighted by Crippen LogP contribution is -2.40. The summed E-state index contributed by atoms with van der Waals surface area (Å²) < 4.78 is 39.1. The average molecular weight is 440 g/mol. The zero-order valence-corrected chi connectivity index (χ0v) is 18.3. The van der Waals surface area contributed by atoms with Gasteiger partial charge in [0.1, 0.15) is 5.75 Å². The van der Waals surface area contributed by atoms with E-state index in [2.05, 4.69) is 10.1 Å². The van der Waals surface area contributed by atoms with E-state index >= 15 is 0 Å². The molecule has 1 fully saturated rings. The second-order valence-electron chi connectivity index (χ2n) is 8.27. The van der Waals surface area contributed by atoms with Gasteiger partial charge in [-0.2, -0.15) is 9.29 Å². The van der Waals surface area contributed by atoms with Gasteiger partial charge in [0.25, 0.3) is 0 Å². The first-order chi connectivity index (χ1) is 15.0. The largest absolute Gasteiger partial charge is 0.493 e. The monoisotopic (exact) mass is 439 g/mol. The molecule has 0 amide bonds. The van der Waals surface area contributed by atoms with Gasteiger partial charge >= 0.3 is 0 Å². The standard InChI is InChI=1S/C23H25N3O4S/c1-16-5-2-3-7-20(16)23-24-22(30-25-23)13-17-6-4-11-26(15-17)31(27,28)19-8-9-21-18(14-19)10-12-29-21/h2-3,5,7-9,14,17H,4,6,10-13,15H2,1H3. The molecule has 3 heterocycles. The normalized spacial score (nSPS) is 19.2. The van der Waals surface area contributed by atoms with Gasteiger partial charge in [0, 0.05) is 31.5 Å². The number of nitrogens with zero attached hydrogens (tertiary/aromatic N) is 3. The van der Waals surface area contributed by atoms with Crippen molar-refractivity contribution in [1.82, 2.24) is 14.4 Å². The lowest BCUT2D eigenvalue weighted by atomic mass is 9.96. The lowest BCUT2D eigenvalue weighted by molar-refractivity contribution is 0.247. The lowest BCUT2D eigenvalue weighted by Gasteiger charge is -2.31. The van der Waals surface area contributed by atoms with Crippen LogP contribution in [0.5, 0.6) is 5.75 Å². The molecule has 1 atom stereocenters. The number of aryl methyl sites for hydroxylation is 1. The zero-order chi connectivity index (χ0) is 21.4. The van der Waals surface area contributed by atoms with Gasteiger partial charge in [-0.3, -0.25) is 0 Å². The van der Waals surface area contributed by atoms with Gasteiger partial charge in [-0.25, -0.2) is 8.42 Å². The minimum Gasteiger partial charge on any atom is -0.493 e. The highest BCUT2D eigenvalue weighted by molar-refractivity contribution is 7.89. The number of hydrogen-bond donors (Lipinski definition) is 0. The number of piperidine rings is 1. The predicted molar refractivity (Wildman–Crippen MR) is 115 cm³/mol. The van der Waals surface area contributed by atoms with Gasteiger partial charge in [0.2, 0.25) is 21.7 Å². The third kappa shape index (κ3) is 3.97. The summed E-state index contributed by atoms with van der Waals surface area (Å²) in [6.45, 7) is 3.61. The molecule has 8 heteroatoms. The van der Waals surface area contributed by atoms with E-state index in [-0.39, 0.29) is 5.92 Å². The zero-order valence-electron chi connectivity index (χ0n) is 17.5. The van der Waals surface area contributed by atoms with Crippen LogP contribution in [0, 0.1) is 12.8 Å². The highest BCUT2D eigenvalue weighted by Gasteiger charge is 2.32. The van der Waals surface area contributed by atoms with E-state index in [0.717, 1.165) is 41.7 Å². The van der Waals surface area contributed by atoms with Crippen molar-refractivity contribution in [3.63, 3.8) is 0 Å². The maximum atomic E-state index is 13.2. The van der Waals surface area contributed by atoms with Crippen LogP contribution in [0.3, 0.4) is 0 Å². The average Bonchev–Trinajstić information content (AvgIpc) is 3.43. The number of rotatable bonds is 5. The summed E-state index contributed by atoms with van der Waals surface area (Å²) in [5, 5.41) is 4.13. The van der Waals surface area contributed by atoms with E-state index in [9.17, 15) is 8.42 Å². The van der Waals surface area contributed by atoms with Crippen LogP contribution < -0.4 is 4.74 Å². The fourth-order valence-corrected chi connectivity index (χ4v) is 6.01. The summed E-state index contributed by atoms with van der Waals surface area (Å²) in [5.41, 5.74) is 3.00. The Hall–Kier alpha value is -2.71. The van der Waals surface area contributed by atoms with Crippen LogP contribution in [0.15, 0.2) is 51.9 Å². The summed E-state index contributed by atoms with van der Waals surface area (Å²) in [4.78, 5) is 4.90. The summed E-state index contributed by atoms with van der Waals surface area (Å²) in [6, 6.07) is 13.1. The molecule has 1 unspecified atom stereocenters. The van der Waals surface area contributed by atoms with Gasteiger partial charge in [0.05, 0.1) is 11.5 Å². The highest BCUT2D eigenvalue weighted by atomic mass is 32.2. The minimum atomic E-state index is -3.54. The van der Waals surface area contributed by atoms with Crippen LogP contribution in [-0.4, -0.2) is 42.6 Å². The first kappa shape index (κ1) is 20.2. The molecule has 7 nitrogen and oxygen atoms in total. The van der Waals surface area contributed by atoms with Gasteiger partial charge in [0.15, 0.2) is 0 Å². The van der Waals surface area contributed by atoms with Crippen molar-refractivity contribution in [3.05, 3.63) is 59.5 Å². The van der Waals surface area contributed by atoms with Crippen molar-refractivity contribution in [1.29, 1.82) is 0 Å². The number of hydrogen-bond acceptors (Lipinski definition) is 6. The fourth-order valence-electron chi connectivity index (χ4n) is 4.40. The number of ether oxygens (including phenoxy) is 1. The van der Waals surface area contributed by atoms with Crippen LogP contribution in [0.25, 0.3) is 11.4 Å². The quantitative estimate of drug-likeness (QED) is 0.604. The molecular formula is C23H25N3O4S. The van der Waals surface area contributed by atoms with Crippen LogP contribution in [0.1, 0.15) is 29.9 Å². The van der Waals surface area contributed by atoms with Crippen molar-refractivity contribution in [3.8, 4) is 17.1 Å². The highest BCUT2D eigenvalue weighted by Crippen LogP contribution is 2.31. The first-order valence-corrected chi connectivity index (χ1v) is 12.1. The molecule has 0 aliphatic carbocycles. The molecule has 0 bridgehead atoms. The molecule has 2 aliphatic rings. The molecule has 2 aliphatic heterocycles. The summed E-state index contributed by atoms with van der Waals surface area (Å²) in [7, 11) is -3.54. The Bertz CT molecular complexity index is 1210. The third-order valence-electron chi connectivity index (χ3n) is 6.10. The number of benzene rings is 2. The smallest absolute Gasteiger partial charge is 0.243 e.